The van der Waals surface area contributed by atoms with Crippen LogP contribution < -0.4 is 5.73 Å². The van der Waals surface area contributed by atoms with Gasteiger partial charge < -0.3 is 5.73 Å². The third-order valence-corrected chi connectivity index (χ3v) is 4.91. The maximum atomic E-state index is 6.53. The van der Waals surface area contributed by atoms with Gasteiger partial charge in [0.15, 0.2) is 0 Å². The van der Waals surface area contributed by atoms with Crippen molar-refractivity contribution in [2.24, 2.45) is 5.73 Å². The second kappa shape index (κ2) is 6.93. The van der Waals surface area contributed by atoms with E-state index in [9.17, 15) is 0 Å². The Labute approximate surface area is 128 Å². The fraction of sp³-hybridized carbons (Fsp3) is 0.647. The molecular weight excluding hydrogens is 268 g/mol. The fourth-order valence-electron chi connectivity index (χ4n) is 3.05. The lowest BCUT2D eigenvalue weighted by molar-refractivity contribution is 0.0979. The highest BCUT2D eigenvalue weighted by molar-refractivity contribution is 6.30. The molecule has 112 valence electrons. The molecule has 1 unspecified atom stereocenters. The first-order valence-electron chi connectivity index (χ1n) is 7.75. The van der Waals surface area contributed by atoms with E-state index in [0.29, 0.717) is 0 Å². The van der Waals surface area contributed by atoms with E-state index in [1.165, 1.54) is 44.3 Å². The van der Waals surface area contributed by atoms with Crippen LogP contribution in [0.4, 0.5) is 0 Å². The van der Waals surface area contributed by atoms with Crippen molar-refractivity contribution in [1.29, 1.82) is 0 Å². The summed E-state index contributed by atoms with van der Waals surface area (Å²) in [7, 11) is 0. The van der Waals surface area contributed by atoms with Crippen molar-refractivity contribution in [3.63, 3.8) is 0 Å². The standard InChI is InChI=1S/C17H27ClN2/c1-17(2,20-10-5-3-4-6-11-20)16(19)13-14-8-7-9-15(18)12-14/h7-9,12,16H,3-6,10-11,13,19H2,1-2H3. The number of nitrogens with two attached hydrogens (primary N) is 1. The van der Waals surface area contributed by atoms with Gasteiger partial charge in [0.05, 0.1) is 0 Å². The molecule has 0 saturated carbocycles. The maximum Gasteiger partial charge on any atom is 0.0408 e. The van der Waals surface area contributed by atoms with Gasteiger partial charge in [0, 0.05) is 16.6 Å². The predicted molar refractivity (Wildman–Crippen MR) is 87.3 cm³/mol. The SMILES string of the molecule is CC(C)(C(N)Cc1cccc(Cl)c1)N1CCCCCC1. The second-order valence-corrected chi connectivity index (χ2v) is 6.93. The highest BCUT2D eigenvalue weighted by Gasteiger charge is 2.33. The van der Waals surface area contributed by atoms with E-state index in [0.717, 1.165) is 11.4 Å². The molecule has 2 rings (SSSR count). The molecule has 20 heavy (non-hydrogen) atoms. The molecule has 1 fully saturated rings. The zero-order valence-electron chi connectivity index (χ0n) is 12.7. The molecule has 1 aromatic carbocycles. The Morgan fingerprint density at radius 3 is 2.45 bits per heavy atom. The summed E-state index contributed by atoms with van der Waals surface area (Å²) in [6.45, 7) is 6.92. The van der Waals surface area contributed by atoms with Crippen molar-refractivity contribution in [2.75, 3.05) is 13.1 Å². The fourth-order valence-corrected chi connectivity index (χ4v) is 3.26. The summed E-state index contributed by atoms with van der Waals surface area (Å²) in [5, 5.41) is 0.794. The van der Waals surface area contributed by atoms with Gasteiger partial charge in [-0.25, -0.2) is 0 Å². The Morgan fingerprint density at radius 1 is 1.20 bits per heavy atom. The Kier molecular flexibility index (Phi) is 5.48. The normalized spacial score (nSPS) is 19.6. The minimum absolute atomic E-state index is 0.0344. The van der Waals surface area contributed by atoms with E-state index in [1.54, 1.807) is 0 Å². The molecule has 0 aliphatic carbocycles. The van der Waals surface area contributed by atoms with Gasteiger partial charge in [-0.05, 0) is 63.9 Å². The molecule has 1 atom stereocenters. The van der Waals surface area contributed by atoms with Crippen LogP contribution in [0.3, 0.4) is 0 Å². The highest BCUT2D eigenvalue weighted by atomic mass is 35.5. The van der Waals surface area contributed by atoms with Gasteiger partial charge >= 0.3 is 0 Å². The molecule has 0 amide bonds. The molecule has 0 radical (unpaired) electrons. The molecule has 2 N–H and O–H groups in total. The number of halogens is 1. The van der Waals surface area contributed by atoms with Crippen molar-refractivity contribution >= 4 is 11.6 Å². The Hall–Kier alpha value is -0.570. The van der Waals surface area contributed by atoms with Gasteiger partial charge in [-0.1, -0.05) is 36.6 Å². The average molecular weight is 295 g/mol. The van der Waals surface area contributed by atoms with Gasteiger partial charge in [0.2, 0.25) is 0 Å². The molecule has 1 heterocycles. The van der Waals surface area contributed by atoms with E-state index < -0.39 is 0 Å². The van der Waals surface area contributed by atoms with E-state index in [2.05, 4.69) is 24.8 Å². The van der Waals surface area contributed by atoms with Crippen LogP contribution in [0.25, 0.3) is 0 Å². The van der Waals surface area contributed by atoms with Crippen molar-refractivity contribution in [3.8, 4) is 0 Å². The molecule has 0 aromatic heterocycles. The summed E-state index contributed by atoms with van der Waals surface area (Å²) in [5.41, 5.74) is 7.79. The Morgan fingerprint density at radius 2 is 1.85 bits per heavy atom. The monoisotopic (exact) mass is 294 g/mol. The Bertz CT molecular complexity index is 423. The summed E-state index contributed by atoms with van der Waals surface area (Å²) in [5.74, 6) is 0. The van der Waals surface area contributed by atoms with Gasteiger partial charge in [0.1, 0.15) is 0 Å². The van der Waals surface area contributed by atoms with E-state index in [4.69, 9.17) is 17.3 Å². The molecule has 0 bridgehead atoms. The van der Waals surface area contributed by atoms with Crippen molar-refractivity contribution in [2.45, 2.75) is 57.5 Å². The molecule has 1 saturated heterocycles. The molecule has 2 nitrogen and oxygen atoms in total. The van der Waals surface area contributed by atoms with Crippen LogP contribution in [0.5, 0.6) is 0 Å². The summed E-state index contributed by atoms with van der Waals surface area (Å²) in [6, 6.07) is 8.18. The smallest absolute Gasteiger partial charge is 0.0408 e. The number of rotatable bonds is 4. The molecule has 1 aliphatic heterocycles. The van der Waals surface area contributed by atoms with Gasteiger partial charge in [-0.15, -0.1) is 0 Å². The molecule has 0 spiro atoms. The lowest BCUT2D eigenvalue weighted by Crippen LogP contribution is -2.57. The molecule has 1 aromatic rings. The summed E-state index contributed by atoms with van der Waals surface area (Å²) < 4.78 is 0. The van der Waals surface area contributed by atoms with Gasteiger partial charge in [0.25, 0.3) is 0 Å². The van der Waals surface area contributed by atoms with Crippen LogP contribution in [0.15, 0.2) is 24.3 Å². The van der Waals surface area contributed by atoms with E-state index in [1.807, 2.05) is 18.2 Å². The van der Waals surface area contributed by atoms with Crippen LogP contribution >= 0.6 is 11.6 Å². The largest absolute Gasteiger partial charge is 0.326 e. The minimum atomic E-state index is 0.0344. The van der Waals surface area contributed by atoms with Crippen LogP contribution in [0.2, 0.25) is 5.02 Å². The number of nitrogens with zero attached hydrogens (tertiary/aromatic N) is 1. The second-order valence-electron chi connectivity index (χ2n) is 6.50. The van der Waals surface area contributed by atoms with Gasteiger partial charge in [-0.3, -0.25) is 4.90 Å². The Balaban J connectivity index is 2.03. The quantitative estimate of drug-likeness (QED) is 0.913. The maximum absolute atomic E-state index is 6.53. The minimum Gasteiger partial charge on any atom is -0.326 e. The summed E-state index contributed by atoms with van der Waals surface area (Å²) in [4.78, 5) is 2.58. The van der Waals surface area contributed by atoms with Crippen LogP contribution in [0.1, 0.15) is 45.1 Å². The van der Waals surface area contributed by atoms with Crippen LogP contribution in [0, 0.1) is 0 Å². The molecular formula is C17H27ClN2. The van der Waals surface area contributed by atoms with Gasteiger partial charge in [-0.2, -0.15) is 0 Å². The lowest BCUT2D eigenvalue weighted by Gasteiger charge is -2.42. The number of hydrogen-bond acceptors (Lipinski definition) is 2. The number of hydrogen-bond donors (Lipinski definition) is 1. The van der Waals surface area contributed by atoms with Crippen molar-refractivity contribution < 1.29 is 0 Å². The van der Waals surface area contributed by atoms with Crippen molar-refractivity contribution in [1.82, 2.24) is 4.90 Å². The lowest BCUT2D eigenvalue weighted by atomic mass is 9.88. The third-order valence-electron chi connectivity index (χ3n) is 4.67. The number of benzene rings is 1. The zero-order valence-corrected chi connectivity index (χ0v) is 13.5. The first-order valence-corrected chi connectivity index (χ1v) is 8.13. The molecule has 1 aliphatic rings. The first-order chi connectivity index (χ1) is 9.50. The van der Waals surface area contributed by atoms with Crippen LogP contribution in [-0.4, -0.2) is 29.6 Å². The average Bonchev–Trinajstić information content (AvgIpc) is 2.67. The first kappa shape index (κ1) is 15.8. The highest BCUT2D eigenvalue weighted by Crippen LogP contribution is 2.25. The third kappa shape index (κ3) is 3.97. The molecule has 3 heteroatoms. The zero-order chi connectivity index (χ0) is 14.6. The summed E-state index contributed by atoms with van der Waals surface area (Å²) >= 11 is 6.06. The topological polar surface area (TPSA) is 29.3 Å². The number of likely N-dealkylation sites (tertiary alicyclic amines) is 1. The van der Waals surface area contributed by atoms with Crippen molar-refractivity contribution in [3.05, 3.63) is 34.9 Å². The predicted octanol–water partition coefficient (Wildman–Crippen LogP) is 3.86. The van der Waals surface area contributed by atoms with E-state index >= 15 is 0 Å². The summed E-state index contributed by atoms with van der Waals surface area (Å²) in [6.07, 6.45) is 6.19. The van der Waals surface area contributed by atoms with E-state index in [-0.39, 0.29) is 11.6 Å². The van der Waals surface area contributed by atoms with Crippen LogP contribution in [-0.2, 0) is 6.42 Å².